The lowest BCUT2D eigenvalue weighted by Crippen LogP contribution is -2.46. The number of allylic oxidation sites excluding steroid dienone is 7. The van der Waals surface area contributed by atoms with Crippen molar-refractivity contribution >= 4 is 22.9 Å². The molecule has 1 saturated carbocycles. The van der Waals surface area contributed by atoms with Crippen LogP contribution in [0.5, 0.6) is 0 Å². The van der Waals surface area contributed by atoms with Gasteiger partial charge in [-0.25, -0.2) is 4.98 Å². The second-order valence-electron chi connectivity index (χ2n) is 22.1. The quantitative estimate of drug-likeness (QED) is 0.115. The van der Waals surface area contributed by atoms with Gasteiger partial charge in [-0.15, -0.1) is 0 Å². The highest BCUT2D eigenvalue weighted by atomic mass is 16.7. The van der Waals surface area contributed by atoms with Crippen LogP contribution in [0.3, 0.4) is 0 Å². The number of unbranched alkanes of at least 4 members (excludes halogenated alkanes) is 4. The minimum Gasteiger partial charge on any atom is -0.372 e. The maximum absolute atomic E-state index is 11.6. The largest absolute Gasteiger partial charge is 0.372 e. The number of nitrogens with zero attached hydrogens (tertiary/aromatic N) is 5. The summed E-state index contributed by atoms with van der Waals surface area (Å²) in [4.78, 5) is 26.8. The summed E-state index contributed by atoms with van der Waals surface area (Å²) in [6.07, 6.45) is 27.5. The summed E-state index contributed by atoms with van der Waals surface area (Å²) < 4.78 is 12.3. The van der Waals surface area contributed by atoms with Crippen molar-refractivity contribution in [2.24, 2.45) is 23.2 Å². The Morgan fingerprint density at radius 2 is 1.82 bits per heavy atom. The maximum atomic E-state index is 11.6. The lowest BCUT2D eigenvalue weighted by atomic mass is 9.57. The second-order valence-corrected chi connectivity index (χ2v) is 22.1. The first kappa shape index (κ1) is 45.9. The Hall–Kier alpha value is -3.82. The van der Waals surface area contributed by atoms with Crippen molar-refractivity contribution in [1.82, 2.24) is 24.6 Å². The fourth-order valence-corrected chi connectivity index (χ4v) is 14.3. The van der Waals surface area contributed by atoms with Gasteiger partial charge in [0.2, 0.25) is 0 Å². The maximum Gasteiger partial charge on any atom is 0.172 e. The lowest BCUT2D eigenvalue weighted by molar-refractivity contribution is -0.164. The van der Waals surface area contributed by atoms with E-state index in [1.165, 1.54) is 111 Å². The van der Waals surface area contributed by atoms with E-state index in [0.717, 1.165) is 143 Å². The number of aldehydes is 1. The van der Waals surface area contributed by atoms with Gasteiger partial charge in [0.25, 0.3) is 0 Å². The van der Waals surface area contributed by atoms with Crippen molar-refractivity contribution in [1.29, 1.82) is 0 Å². The number of carbonyl (C=O) groups is 1. The van der Waals surface area contributed by atoms with E-state index in [1.807, 2.05) is 0 Å². The van der Waals surface area contributed by atoms with Gasteiger partial charge < -0.3 is 29.0 Å². The number of aromatic nitrogens is 1. The van der Waals surface area contributed by atoms with Gasteiger partial charge >= 0.3 is 0 Å². The molecule has 4 atom stereocenters. The third-order valence-electron chi connectivity index (χ3n) is 17.9. The SMILES string of the molecule is C=C(Cc1ccc2nc3c(cc2c1CN(C)C)CN1C(=C)C(CCC)=C(CC=O)C=C31)N1CCN(CCCCCCCC2CCC3C4CCC5=C(CCC6(C5)OCCO6)C4=CCC23C)CC1. The monoisotopic (exact) mass is 894 g/mol. The topological polar surface area (TPSA) is 61.4 Å². The number of rotatable bonds is 17. The number of carbonyl (C=O) groups excluding carboxylic acids is 1. The second kappa shape index (κ2) is 19.3. The molecule has 2 aromatic rings. The fourth-order valence-electron chi connectivity index (χ4n) is 14.3. The number of ether oxygens (including phenoxy) is 2. The number of fused-ring (bicyclic) bond motifs is 8. The van der Waals surface area contributed by atoms with Crippen molar-refractivity contribution < 1.29 is 14.3 Å². The molecule has 8 nitrogen and oxygen atoms in total. The molecule has 66 heavy (non-hydrogen) atoms. The van der Waals surface area contributed by atoms with Crippen LogP contribution in [0, 0.1) is 23.2 Å². The standard InChI is InChI=1S/C58H79N5O3/c1-7-13-47-41(3)63-38-45-35-51-52(39-60(5)6)42(16-20-54(51)59-56(45)55(63)36-43(47)23-31-64)34-40(2)62-29-27-61(28-30-62)26-12-10-8-9-11-14-46-17-19-53-50-18-15-44-37-58(65-32-33-66-58)25-22-48(44)49(50)21-24-57(46,53)4/h16,20-21,31,35-36,46,50,53H,2-3,7-15,17-19,22-30,32-34,37-39H2,1,4-6H3. The number of hydrogen-bond acceptors (Lipinski definition) is 8. The summed E-state index contributed by atoms with van der Waals surface area (Å²) >= 11 is 0. The summed E-state index contributed by atoms with van der Waals surface area (Å²) in [7, 11) is 4.32. The molecule has 2 saturated heterocycles. The molecule has 354 valence electrons. The van der Waals surface area contributed by atoms with Crippen molar-refractivity contribution in [3.8, 4) is 0 Å². The number of benzene rings is 1. The highest BCUT2D eigenvalue weighted by Gasteiger charge is 2.53. The molecular weight excluding hydrogens is 815 g/mol. The minimum absolute atomic E-state index is 0.295. The number of pyridine rings is 1. The Balaban J connectivity index is 0.675. The van der Waals surface area contributed by atoms with Crippen molar-refractivity contribution in [2.75, 3.05) is 60.0 Å². The van der Waals surface area contributed by atoms with Crippen LogP contribution in [-0.4, -0.2) is 96.7 Å². The highest BCUT2D eigenvalue weighted by Crippen LogP contribution is 2.62. The average molecular weight is 894 g/mol. The van der Waals surface area contributed by atoms with Crippen LogP contribution in [0.15, 0.2) is 82.8 Å². The smallest absolute Gasteiger partial charge is 0.172 e. The number of hydrogen-bond donors (Lipinski definition) is 0. The molecule has 5 heterocycles. The average Bonchev–Trinajstić information content (AvgIpc) is 4.02. The molecule has 0 bridgehead atoms. The van der Waals surface area contributed by atoms with E-state index in [2.05, 4.69) is 91.1 Å². The van der Waals surface area contributed by atoms with Crippen molar-refractivity contribution in [3.05, 3.63) is 105 Å². The molecule has 1 aromatic heterocycles. The molecule has 3 fully saturated rings. The van der Waals surface area contributed by atoms with Crippen LogP contribution >= 0.6 is 0 Å². The van der Waals surface area contributed by atoms with Gasteiger partial charge in [0.15, 0.2) is 5.79 Å². The van der Waals surface area contributed by atoms with Crippen molar-refractivity contribution in [2.45, 2.75) is 148 Å². The first-order valence-electron chi connectivity index (χ1n) is 26.4. The summed E-state index contributed by atoms with van der Waals surface area (Å²) in [5.74, 6) is 2.29. The molecule has 8 heteroatoms. The van der Waals surface area contributed by atoms with Crippen LogP contribution in [0.25, 0.3) is 16.6 Å². The zero-order valence-electron chi connectivity index (χ0n) is 41.2. The Morgan fingerprint density at radius 3 is 2.61 bits per heavy atom. The molecule has 8 aliphatic rings. The molecule has 4 aliphatic heterocycles. The summed E-state index contributed by atoms with van der Waals surface area (Å²) in [5.41, 5.74) is 17.2. The van der Waals surface area contributed by atoms with Gasteiger partial charge in [0.05, 0.1) is 36.7 Å². The van der Waals surface area contributed by atoms with E-state index in [4.69, 9.17) is 14.5 Å². The number of piperazine rings is 1. The van der Waals surface area contributed by atoms with Crippen LogP contribution in [0.2, 0.25) is 0 Å². The summed E-state index contributed by atoms with van der Waals surface area (Å²) in [6.45, 7) is 22.8. The highest BCUT2D eigenvalue weighted by molar-refractivity contribution is 5.89. The predicted molar refractivity (Wildman–Crippen MR) is 268 cm³/mol. The molecule has 4 unspecified atom stereocenters. The van der Waals surface area contributed by atoms with Gasteiger partial charge in [-0.3, -0.25) is 4.90 Å². The third kappa shape index (κ3) is 8.75. The fraction of sp³-hybridized carbons (Fsp3) is 0.621. The van der Waals surface area contributed by atoms with E-state index >= 15 is 0 Å². The van der Waals surface area contributed by atoms with E-state index in [-0.39, 0.29) is 5.79 Å². The van der Waals surface area contributed by atoms with Crippen LogP contribution in [0.1, 0.15) is 145 Å². The van der Waals surface area contributed by atoms with E-state index in [9.17, 15) is 4.79 Å². The Morgan fingerprint density at radius 1 is 1.02 bits per heavy atom. The molecule has 0 radical (unpaired) electrons. The first-order chi connectivity index (χ1) is 32.1. The zero-order valence-corrected chi connectivity index (χ0v) is 41.2. The molecular formula is C58H79N5O3. The molecule has 1 aromatic carbocycles. The molecule has 1 spiro atoms. The van der Waals surface area contributed by atoms with E-state index < -0.39 is 0 Å². The lowest BCUT2D eigenvalue weighted by Gasteiger charge is -2.49. The van der Waals surface area contributed by atoms with Gasteiger partial charge in [0, 0.05) is 80.8 Å². The van der Waals surface area contributed by atoms with Crippen LogP contribution in [0.4, 0.5) is 0 Å². The van der Waals surface area contributed by atoms with Gasteiger partial charge in [-0.2, -0.15) is 0 Å². The third-order valence-corrected chi connectivity index (χ3v) is 17.9. The molecule has 4 aliphatic carbocycles. The summed E-state index contributed by atoms with van der Waals surface area (Å²) in [5, 5.41) is 1.24. The normalized spacial score (nSPS) is 27.0. The van der Waals surface area contributed by atoms with Crippen molar-refractivity contribution in [3.63, 3.8) is 0 Å². The summed E-state index contributed by atoms with van der Waals surface area (Å²) in [6, 6.07) is 6.90. The van der Waals surface area contributed by atoms with E-state index in [1.54, 1.807) is 16.7 Å². The first-order valence-corrected chi connectivity index (χ1v) is 26.4. The molecule has 10 rings (SSSR count). The Labute approximate surface area is 396 Å². The minimum atomic E-state index is -0.295. The molecule has 0 N–H and O–H groups in total. The Kier molecular flexibility index (Phi) is 13.4. The zero-order chi connectivity index (χ0) is 45.6. The van der Waals surface area contributed by atoms with Crippen LogP contribution in [-0.2, 0) is 33.8 Å². The van der Waals surface area contributed by atoms with Gasteiger partial charge in [-0.1, -0.05) is 76.8 Å². The van der Waals surface area contributed by atoms with Gasteiger partial charge in [0.1, 0.15) is 6.29 Å². The van der Waals surface area contributed by atoms with Gasteiger partial charge in [-0.05, 0) is 153 Å². The molecule has 0 amide bonds. The predicted octanol–water partition coefficient (Wildman–Crippen LogP) is 11.7. The Bertz CT molecular complexity index is 2340. The van der Waals surface area contributed by atoms with E-state index in [0.29, 0.717) is 11.8 Å². The van der Waals surface area contributed by atoms with Crippen LogP contribution < -0.4 is 0 Å².